The van der Waals surface area contributed by atoms with Gasteiger partial charge in [0.2, 0.25) is 0 Å². The lowest BCUT2D eigenvalue weighted by molar-refractivity contribution is -0.145. The number of nitrogens with zero attached hydrogens (tertiary/aromatic N) is 4. The lowest BCUT2D eigenvalue weighted by Gasteiger charge is -2.47. The van der Waals surface area contributed by atoms with Gasteiger partial charge in [0.05, 0.1) is 27.8 Å². The van der Waals surface area contributed by atoms with Gasteiger partial charge >= 0.3 is 18.0 Å². The van der Waals surface area contributed by atoms with Gasteiger partial charge in [-0.2, -0.15) is 0 Å². The lowest BCUT2D eigenvalue weighted by Crippen LogP contribution is -2.67. The number of urea groups is 2. The number of hydrogen-bond acceptors (Lipinski definition) is 4. The molecule has 0 radical (unpaired) electrons. The second kappa shape index (κ2) is 10.4. The molecule has 192 valence electrons. The van der Waals surface area contributed by atoms with Crippen molar-refractivity contribution in [2.45, 2.75) is 37.5 Å². The van der Waals surface area contributed by atoms with Crippen LogP contribution in [0.15, 0.2) is 72.1 Å². The maximum absolute atomic E-state index is 14.1. The first-order valence-corrected chi connectivity index (χ1v) is 13.3. The van der Waals surface area contributed by atoms with E-state index in [1.807, 2.05) is 72.1 Å². The second-order valence-electron chi connectivity index (χ2n) is 9.33. The highest BCUT2D eigenvalue weighted by Gasteiger charge is 2.54. The fourth-order valence-corrected chi connectivity index (χ4v) is 6.26. The van der Waals surface area contributed by atoms with E-state index in [9.17, 15) is 19.5 Å². The molecule has 2 bridgehead atoms. The number of aliphatic carboxylic acids is 1. The molecule has 1 N–H and O–H groups in total. The van der Waals surface area contributed by atoms with Gasteiger partial charge in [-0.25, -0.2) is 14.4 Å². The molecule has 2 aliphatic rings. The molecule has 0 spiro atoms. The molecule has 0 saturated carbocycles. The summed E-state index contributed by atoms with van der Waals surface area (Å²) in [6.45, 7) is 0.514. The molecule has 5 rings (SSSR count). The standard InChI is InChI=1S/C27H27ClN4O4S/c1-29(15-18-14-23(28)37-17-18)26(35)32-21-12-13-22(32)24(25(33)34)30(16-21)27(36)31(19-8-4-2-5-9-19)20-10-6-3-7-11-20/h2-11,14,17,21-22,24H,12-13,15-16H2,1H3,(H,33,34)/t21?,22-,24+/m1/s1. The van der Waals surface area contributed by atoms with E-state index >= 15 is 0 Å². The Morgan fingerprint density at radius 1 is 1.00 bits per heavy atom. The number of carbonyl (C=O) groups is 3. The molecule has 1 aromatic heterocycles. The first-order chi connectivity index (χ1) is 17.8. The van der Waals surface area contributed by atoms with Crippen LogP contribution in [-0.4, -0.2) is 69.6 Å². The Labute approximate surface area is 224 Å². The number of benzene rings is 2. The van der Waals surface area contributed by atoms with Gasteiger partial charge in [-0.1, -0.05) is 48.0 Å². The van der Waals surface area contributed by atoms with Gasteiger partial charge in [-0.15, -0.1) is 11.3 Å². The predicted octanol–water partition coefficient (Wildman–Crippen LogP) is 5.51. The Morgan fingerprint density at radius 2 is 1.62 bits per heavy atom. The van der Waals surface area contributed by atoms with E-state index in [1.165, 1.54) is 16.2 Å². The Kier molecular flexibility index (Phi) is 7.08. The number of para-hydroxylation sites is 2. The Morgan fingerprint density at radius 3 is 2.16 bits per heavy atom. The maximum atomic E-state index is 14.1. The fraction of sp³-hybridized carbons (Fsp3) is 0.296. The number of fused-ring (bicyclic) bond motifs is 2. The van der Waals surface area contributed by atoms with Gasteiger partial charge in [0.1, 0.15) is 0 Å². The minimum absolute atomic E-state index is 0.145. The molecule has 3 heterocycles. The van der Waals surface area contributed by atoms with Gasteiger partial charge in [-0.3, -0.25) is 4.90 Å². The van der Waals surface area contributed by atoms with Crippen LogP contribution < -0.4 is 4.90 Å². The predicted molar refractivity (Wildman–Crippen MR) is 143 cm³/mol. The van der Waals surface area contributed by atoms with Crippen molar-refractivity contribution in [2.24, 2.45) is 0 Å². The van der Waals surface area contributed by atoms with Crippen molar-refractivity contribution in [1.29, 1.82) is 0 Å². The van der Waals surface area contributed by atoms with Crippen LogP contribution in [0.4, 0.5) is 21.0 Å². The number of halogens is 1. The van der Waals surface area contributed by atoms with Crippen molar-refractivity contribution in [3.05, 3.63) is 82.0 Å². The molecule has 2 saturated heterocycles. The fourth-order valence-electron chi connectivity index (χ4n) is 5.36. The third-order valence-electron chi connectivity index (χ3n) is 6.96. The van der Waals surface area contributed by atoms with E-state index in [0.717, 1.165) is 5.56 Å². The van der Waals surface area contributed by atoms with Crippen LogP contribution in [0.5, 0.6) is 0 Å². The van der Waals surface area contributed by atoms with E-state index in [0.29, 0.717) is 35.1 Å². The number of likely N-dealkylation sites (tertiary alicyclic amines) is 1. The summed E-state index contributed by atoms with van der Waals surface area (Å²) in [6, 6.07) is 17.5. The first-order valence-electron chi connectivity index (χ1n) is 12.0. The Hall–Kier alpha value is -3.56. The van der Waals surface area contributed by atoms with E-state index in [4.69, 9.17) is 11.6 Å². The minimum Gasteiger partial charge on any atom is -0.480 e. The van der Waals surface area contributed by atoms with Crippen molar-refractivity contribution in [2.75, 3.05) is 18.5 Å². The largest absolute Gasteiger partial charge is 0.480 e. The molecule has 3 atom stereocenters. The van der Waals surface area contributed by atoms with Crippen molar-refractivity contribution in [3.63, 3.8) is 0 Å². The quantitative estimate of drug-likeness (QED) is 0.464. The normalized spacial score (nSPS) is 20.5. The number of carboxylic acid groups (broad SMARTS) is 1. The molecule has 2 aromatic carbocycles. The van der Waals surface area contributed by atoms with Gasteiger partial charge in [0.15, 0.2) is 6.04 Å². The number of carboxylic acids is 1. The van der Waals surface area contributed by atoms with Crippen molar-refractivity contribution < 1.29 is 19.5 Å². The molecule has 3 aromatic rings. The van der Waals surface area contributed by atoms with E-state index in [1.54, 1.807) is 21.7 Å². The number of rotatable bonds is 5. The molecule has 37 heavy (non-hydrogen) atoms. The van der Waals surface area contributed by atoms with Crippen LogP contribution in [0, 0.1) is 0 Å². The van der Waals surface area contributed by atoms with E-state index < -0.39 is 24.1 Å². The minimum atomic E-state index is -1.16. The van der Waals surface area contributed by atoms with E-state index in [2.05, 4.69) is 0 Å². The molecular weight excluding hydrogens is 512 g/mol. The van der Waals surface area contributed by atoms with Gasteiger partial charge in [0.25, 0.3) is 0 Å². The smallest absolute Gasteiger partial charge is 0.329 e. The monoisotopic (exact) mass is 538 g/mol. The second-order valence-corrected chi connectivity index (χ2v) is 10.9. The molecule has 4 amide bonds. The lowest BCUT2D eigenvalue weighted by atomic mass is 10.0. The van der Waals surface area contributed by atoms with Crippen LogP contribution in [-0.2, 0) is 11.3 Å². The van der Waals surface area contributed by atoms with Crippen LogP contribution in [0.1, 0.15) is 18.4 Å². The summed E-state index contributed by atoms with van der Waals surface area (Å²) in [5.41, 5.74) is 2.20. The summed E-state index contributed by atoms with van der Waals surface area (Å²) in [4.78, 5) is 46.4. The van der Waals surface area contributed by atoms with Crippen molar-refractivity contribution in [1.82, 2.24) is 14.7 Å². The number of hydrogen-bond donors (Lipinski definition) is 1. The molecule has 8 nitrogen and oxygen atoms in total. The summed E-state index contributed by atoms with van der Waals surface area (Å²) in [7, 11) is 1.70. The highest BCUT2D eigenvalue weighted by Crippen LogP contribution is 2.38. The summed E-state index contributed by atoms with van der Waals surface area (Å²) in [5.74, 6) is -1.12. The highest BCUT2D eigenvalue weighted by atomic mass is 35.5. The van der Waals surface area contributed by atoms with Gasteiger partial charge in [-0.05, 0) is 54.1 Å². The number of amides is 4. The maximum Gasteiger partial charge on any atom is 0.329 e. The zero-order chi connectivity index (χ0) is 26.1. The van der Waals surface area contributed by atoms with Crippen molar-refractivity contribution in [3.8, 4) is 0 Å². The number of carbonyl (C=O) groups excluding carboxylic acids is 2. The summed E-state index contributed by atoms with van der Waals surface area (Å²) < 4.78 is 0.648. The van der Waals surface area contributed by atoms with Crippen LogP contribution in [0.25, 0.3) is 0 Å². The summed E-state index contributed by atoms with van der Waals surface area (Å²) >= 11 is 7.44. The zero-order valence-electron chi connectivity index (χ0n) is 20.2. The van der Waals surface area contributed by atoms with Crippen LogP contribution >= 0.6 is 22.9 Å². The van der Waals surface area contributed by atoms with Gasteiger partial charge < -0.3 is 19.8 Å². The van der Waals surface area contributed by atoms with E-state index in [-0.39, 0.29) is 18.6 Å². The Balaban J connectivity index is 1.43. The SMILES string of the molecule is CN(Cc1csc(Cl)c1)C(=O)N1C2CC[C@@H]1[C@@H](C(=O)O)N(C(=O)N(c1ccccc1)c1ccccc1)C2. The summed E-state index contributed by atoms with van der Waals surface area (Å²) in [5, 5.41) is 12.2. The first kappa shape index (κ1) is 25.1. The van der Waals surface area contributed by atoms with Crippen LogP contribution in [0.3, 0.4) is 0 Å². The molecule has 1 unspecified atom stereocenters. The molecule has 2 aliphatic heterocycles. The topological polar surface area (TPSA) is 84.4 Å². The third kappa shape index (κ3) is 4.89. The number of piperazine rings is 1. The number of anilines is 2. The molecule has 10 heteroatoms. The average Bonchev–Trinajstić information content (AvgIpc) is 3.44. The molecule has 0 aliphatic carbocycles. The third-order valence-corrected chi connectivity index (χ3v) is 8.10. The highest BCUT2D eigenvalue weighted by molar-refractivity contribution is 7.14. The Bertz CT molecular complexity index is 1250. The number of thiophene rings is 1. The van der Waals surface area contributed by atoms with Crippen molar-refractivity contribution >= 4 is 52.3 Å². The molecular formula is C27H27ClN4O4S. The zero-order valence-corrected chi connectivity index (χ0v) is 21.8. The van der Waals surface area contributed by atoms with Gasteiger partial charge in [0, 0.05) is 20.1 Å². The summed E-state index contributed by atoms with van der Waals surface area (Å²) in [6.07, 6.45) is 1.16. The van der Waals surface area contributed by atoms with Crippen LogP contribution in [0.2, 0.25) is 4.34 Å². The average molecular weight is 539 g/mol. The molecule has 2 fully saturated rings.